The van der Waals surface area contributed by atoms with Crippen LogP contribution in [-0.2, 0) is 5.41 Å². The van der Waals surface area contributed by atoms with Gasteiger partial charge in [-0.05, 0) is 43.5 Å². The van der Waals surface area contributed by atoms with Crippen LogP contribution in [0.15, 0.2) is 18.2 Å². The molecule has 1 fully saturated rings. The lowest BCUT2D eigenvalue weighted by molar-refractivity contribution is 0.291. The van der Waals surface area contributed by atoms with E-state index in [0.29, 0.717) is 6.04 Å². The summed E-state index contributed by atoms with van der Waals surface area (Å²) in [5.41, 5.74) is 2.95. The minimum atomic E-state index is 0.148. The van der Waals surface area contributed by atoms with Crippen LogP contribution in [-0.4, -0.2) is 13.7 Å². The number of nitrogens with one attached hydrogen (secondary N) is 1. The molecule has 1 aromatic carbocycles. The summed E-state index contributed by atoms with van der Waals surface area (Å²) in [6.07, 6.45) is 8.39. The van der Waals surface area contributed by atoms with Crippen LogP contribution >= 0.6 is 0 Å². The average molecular weight is 287 g/mol. The second kappa shape index (κ2) is 6.00. The van der Waals surface area contributed by atoms with E-state index in [-0.39, 0.29) is 5.41 Å². The molecule has 1 aliphatic heterocycles. The van der Waals surface area contributed by atoms with Gasteiger partial charge < -0.3 is 10.1 Å². The normalized spacial score (nSPS) is 22.0. The van der Waals surface area contributed by atoms with Gasteiger partial charge in [0, 0.05) is 17.0 Å². The molecule has 2 heteroatoms. The van der Waals surface area contributed by atoms with Crippen molar-refractivity contribution in [3.63, 3.8) is 0 Å². The summed E-state index contributed by atoms with van der Waals surface area (Å²) in [7, 11) is 2.09. The Balaban J connectivity index is 1.72. The van der Waals surface area contributed by atoms with E-state index in [1.165, 1.54) is 49.7 Å². The topological polar surface area (TPSA) is 21.3 Å². The van der Waals surface area contributed by atoms with Crippen LogP contribution < -0.4 is 10.1 Å². The predicted octanol–water partition coefficient (Wildman–Crippen LogP) is 4.59. The first-order chi connectivity index (χ1) is 10.1. The average Bonchev–Trinajstić information content (AvgIpc) is 3.09. The third-order valence-electron chi connectivity index (χ3n) is 5.41. The van der Waals surface area contributed by atoms with E-state index < -0.39 is 0 Å². The predicted molar refractivity (Wildman–Crippen MR) is 88.0 cm³/mol. The van der Waals surface area contributed by atoms with Crippen LogP contribution in [0.3, 0.4) is 0 Å². The van der Waals surface area contributed by atoms with Gasteiger partial charge in [0.25, 0.3) is 0 Å². The first-order valence-electron chi connectivity index (χ1n) is 8.54. The minimum absolute atomic E-state index is 0.148. The summed E-state index contributed by atoms with van der Waals surface area (Å²) < 4.78 is 5.80. The van der Waals surface area contributed by atoms with Crippen LogP contribution in [0.2, 0.25) is 0 Å². The standard InChI is InChI=1S/C19H29NO/c1-19(2)13-21-18-11-9-15(12-16(18)19)17(20-3)10-8-14-6-4-5-7-14/h9,11-12,14,17,20H,4-8,10,13H2,1-3H3. The molecule has 0 spiro atoms. The Kier molecular flexibility index (Phi) is 4.26. The molecule has 1 N–H and O–H groups in total. The van der Waals surface area contributed by atoms with E-state index in [1.807, 2.05) is 0 Å². The molecule has 1 unspecified atom stereocenters. The van der Waals surface area contributed by atoms with Gasteiger partial charge in [0.2, 0.25) is 0 Å². The highest BCUT2D eigenvalue weighted by Gasteiger charge is 2.32. The third kappa shape index (κ3) is 3.11. The van der Waals surface area contributed by atoms with Crippen molar-refractivity contribution in [3.05, 3.63) is 29.3 Å². The molecule has 1 saturated carbocycles. The van der Waals surface area contributed by atoms with E-state index in [9.17, 15) is 0 Å². The van der Waals surface area contributed by atoms with Crippen LogP contribution in [0.5, 0.6) is 5.75 Å². The maximum Gasteiger partial charge on any atom is 0.123 e. The van der Waals surface area contributed by atoms with Crippen molar-refractivity contribution in [1.82, 2.24) is 5.32 Å². The first-order valence-corrected chi connectivity index (χ1v) is 8.54. The quantitative estimate of drug-likeness (QED) is 0.855. The highest BCUT2D eigenvalue weighted by atomic mass is 16.5. The summed E-state index contributed by atoms with van der Waals surface area (Å²) >= 11 is 0. The van der Waals surface area contributed by atoms with E-state index in [4.69, 9.17) is 4.74 Å². The van der Waals surface area contributed by atoms with E-state index >= 15 is 0 Å². The molecule has 1 heterocycles. The van der Waals surface area contributed by atoms with Crippen molar-refractivity contribution < 1.29 is 4.74 Å². The van der Waals surface area contributed by atoms with Crippen molar-refractivity contribution >= 4 is 0 Å². The lowest BCUT2D eigenvalue weighted by Crippen LogP contribution is -2.20. The van der Waals surface area contributed by atoms with Gasteiger partial charge in [0.1, 0.15) is 5.75 Å². The van der Waals surface area contributed by atoms with Gasteiger partial charge >= 0.3 is 0 Å². The molecule has 0 bridgehead atoms. The molecule has 2 nitrogen and oxygen atoms in total. The molecule has 21 heavy (non-hydrogen) atoms. The van der Waals surface area contributed by atoms with Gasteiger partial charge in [-0.2, -0.15) is 0 Å². The number of benzene rings is 1. The molecule has 2 aliphatic rings. The van der Waals surface area contributed by atoms with Crippen molar-refractivity contribution in [2.75, 3.05) is 13.7 Å². The Bertz CT molecular complexity index is 488. The summed E-state index contributed by atoms with van der Waals surface area (Å²) in [6, 6.07) is 7.26. The van der Waals surface area contributed by atoms with Gasteiger partial charge in [-0.15, -0.1) is 0 Å². The SMILES string of the molecule is CNC(CCC1CCCC1)c1ccc2c(c1)C(C)(C)CO2. The molecule has 3 rings (SSSR count). The Morgan fingerprint density at radius 3 is 2.76 bits per heavy atom. The van der Waals surface area contributed by atoms with Gasteiger partial charge in [0.05, 0.1) is 6.61 Å². The van der Waals surface area contributed by atoms with Crippen molar-refractivity contribution in [2.24, 2.45) is 5.92 Å². The van der Waals surface area contributed by atoms with Crippen LogP contribution in [0.25, 0.3) is 0 Å². The lowest BCUT2D eigenvalue weighted by atomic mass is 9.84. The highest BCUT2D eigenvalue weighted by Crippen LogP contribution is 2.40. The fraction of sp³-hybridized carbons (Fsp3) is 0.684. The van der Waals surface area contributed by atoms with Crippen molar-refractivity contribution in [2.45, 2.75) is 63.8 Å². The molecule has 1 aliphatic carbocycles. The van der Waals surface area contributed by atoms with Gasteiger partial charge in [-0.25, -0.2) is 0 Å². The molecule has 0 radical (unpaired) electrons. The minimum Gasteiger partial charge on any atom is -0.492 e. The summed E-state index contributed by atoms with van der Waals surface area (Å²) in [6.45, 7) is 5.35. The lowest BCUT2D eigenvalue weighted by Gasteiger charge is -2.21. The molecule has 116 valence electrons. The maximum atomic E-state index is 5.80. The van der Waals surface area contributed by atoms with E-state index in [0.717, 1.165) is 18.3 Å². The zero-order valence-electron chi connectivity index (χ0n) is 13.7. The molecular weight excluding hydrogens is 258 g/mol. The van der Waals surface area contributed by atoms with Crippen LogP contribution in [0.4, 0.5) is 0 Å². The Labute approximate surface area is 129 Å². The molecular formula is C19H29NO. The second-order valence-electron chi connectivity index (χ2n) is 7.50. The Morgan fingerprint density at radius 1 is 1.29 bits per heavy atom. The monoisotopic (exact) mass is 287 g/mol. The summed E-state index contributed by atoms with van der Waals surface area (Å²) in [5.74, 6) is 2.05. The van der Waals surface area contributed by atoms with Crippen molar-refractivity contribution in [1.29, 1.82) is 0 Å². The van der Waals surface area contributed by atoms with Crippen molar-refractivity contribution in [3.8, 4) is 5.75 Å². The molecule has 0 amide bonds. The van der Waals surface area contributed by atoms with E-state index in [2.05, 4.69) is 44.4 Å². The fourth-order valence-corrected chi connectivity index (χ4v) is 3.93. The third-order valence-corrected chi connectivity index (χ3v) is 5.41. The maximum absolute atomic E-state index is 5.80. The molecule has 1 aromatic rings. The fourth-order valence-electron chi connectivity index (χ4n) is 3.93. The summed E-state index contributed by atoms with van der Waals surface area (Å²) in [4.78, 5) is 0. The number of hydrogen-bond acceptors (Lipinski definition) is 2. The Morgan fingerprint density at radius 2 is 2.05 bits per heavy atom. The second-order valence-corrected chi connectivity index (χ2v) is 7.50. The zero-order valence-corrected chi connectivity index (χ0v) is 13.7. The largest absolute Gasteiger partial charge is 0.492 e. The van der Waals surface area contributed by atoms with E-state index in [1.54, 1.807) is 0 Å². The smallest absolute Gasteiger partial charge is 0.123 e. The van der Waals surface area contributed by atoms with Gasteiger partial charge in [-0.3, -0.25) is 0 Å². The van der Waals surface area contributed by atoms with Crippen LogP contribution in [0.1, 0.15) is 69.5 Å². The number of rotatable bonds is 5. The highest BCUT2D eigenvalue weighted by molar-refractivity contribution is 5.45. The number of fused-ring (bicyclic) bond motifs is 1. The molecule has 0 saturated heterocycles. The molecule has 0 aromatic heterocycles. The van der Waals surface area contributed by atoms with Gasteiger partial charge in [0.15, 0.2) is 0 Å². The zero-order chi connectivity index (χ0) is 14.9. The molecule has 1 atom stereocenters. The van der Waals surface area contributed by atoms with Crippen LogP contribution in [0, 0.1) is 5.92 Å². The number of hydrogen-bond donors (Lipinski definition) is 1. The Hall–Kier alpha value is -1.02. The van der Waals surface area contributed by atoms with Gasteiger partial charge in [-0.1, -0.05) is 45.6 Å². The number of ether oxygens (including phenoxy) is 1. The first kappa shape index (κ1) is 14.9. The summed E-state index contributed by atoms with van der Waals surface area (Å²) in [5, 5.41) is 3.52.